The quantitative estimate of drug-likeness (QED) is 0.337. The number of ether oxygens (including phenoxy) is 1. The van der Waals surface area contributed by atoms with Crippen molar-refractivity contribution in [2.75, 3.05) is 38.6 Å². The topological polar surface area (TPSA) is 78.0 Å². The van der Waals surface area contributed by atoms with Gasteiger partial charge in [-0.05, 0) is 85.3 Å². The number of amides is 1. The number of nitrogens with zero attached hydrogens (tertiary/aromatic N) is 2. The zero-order valence-corrected chi connectivity index (χ0v) is 24.5. The first-order chi connectivity index (χ1) is 19.2. The van der Waals surface area contributed by atoms with Crippen LogP contribution in [-0.4, -0.2) is 62.1 Å². The average Bonchev–Trinajstić information content (AvgIpc) is 2.94. The number of halogens is 1. The van der Waals surface area contributed by atoms with Gasteiger partial charge in [0.05, 0.1) is 13.2 Å². The molecule has 1 saturated heterocycles. The maximum Gasteiger partial charge on any atom is 0.251 e. The highest BCUT2D eigenvalue weighted by molar-refractivity contribution is 5.96. The lowest BCUT2D eigenvalue weighted by atomic mass is 9.45. The fourth-order valence-corrected chi connectivity index (χ4v) is 6.87. The number of hydrogen-bond donors (Lipinski definition) is 3. The number of rotatable bonds is 7. The predicted octanol–water partition coefficient (Wildman–Crippen LogP) is 4.94. The van der Waals surface area contributed by atoms with E-state index in [9.17, 15) is 9.18 Å². The molecule has 7 nitrogen and oxygen atoms in total. The van der Waals surface area contributed by atoms with Crippen LogP contribution < -0.4 is 20.7 Å². The molecular formula is C32H44FN5O2. The lowest BCUT2D eigenvalue weighted by Crippen LogP contribution is -2.57. The van der Waals surface area contributed by atoms with Crippen LogP contribution >= 0.6 is 0 Å². The van der Waals surface area contributed by atoms with E-state index in [1.807, 2.05) is 24.3 Å². The Kier molecular flexibility index (Phi) is 8.36. The highest BCUT2D eigenvalue weighted by Crippen LogP contribution is 2.61. The van der Waals surface area contributed by atoms with Crippen LogP contribution in [0.25, 0.3) is 0 Å². The maximum absolute atomic E-state index is 14.2. The first kappa shape index (κ1) is 28.4. The van der Waals surface area contributed by atoms with E-state index in [1.165, 1.54) is 19.6 Å². The van der Waals surface area contributed by atoms with Gasteiger partial charge < -0.3 is 25.6 Å². The third-order valence-electron chi connectivity index (χ3n) is 9.61. The molecule has 0 unspecified atom stereocenters. The van der Waals surface area contributed by atoms with Crippen LogP contribution in [0.1, 0.15) is 56.5 Å². The summed E-state index contributed by atoms with van der Waals surface area (Å²) in [5.41, 5.74) is 2.46. The number of fused-ring (bicyclic) bond motifs is 2. The summed E-state index contributed by atoms with van der Waals surface area (Å²) >= 11 is 0. The number of carbonyl (C=O) groups excluding carboxylic acids is 1. The zero-order chi connectivity index (χ0) is 28.4. The van der Waals surface area contributed by atoms with Crippen molar-refractivity contribution < 1.29 is 13.9 Å². The van der Waals surface area contributed by atoms with E-state index < -0.39 is 0 Å². The van der Waals surface area contributed by atoms with Crippen LogP contribution in [0.5, 0.6) is 5.75 Å². The highest BCUT2D eigenvalue weighted by Gasteiger charge is 2.56. The summed E-state index contributed by atoms with van der Waals surface area (Å²) in [5.74, 6) is 2.96. The van der Waals surface area contributed by atoms with Crippen molar-refractivity contribution >= 4 is 17.6 Å². The van der Waals surface area contributed by atoms with Crippen molar-refractivity contribution in [2.45, 2.75) is 59.0 Å². The number of hydrogen-bond acceptors (Lipinski definition) is 4. The van der Waals surface area contributed by atoms with E-state index in [2.05, 4.69) is 48.5 Å². The largest absolute Gasteiger partial charge is 0.497 e. The van der Waals surface area contributed by atoms with Gasteiger partial charge in [-0.3, -0.25) is 4.79 Å². The second-order valence-corrected chi connectivity index (χ2v) is 12.4. The van der Waals surface area contributed by atoms with Crippen LogP contribution in [0.4, 0.5) is 10.1 Å². The van der Waals surface area contributed by atoms with Crippen molar-refractivity contribution in [1.82, 2.24) is 15.5 Å². The van der Waals surface area contributed by atoms with Gasteiger partial charge in [-0.1, -0.05) is 26.8 Å². The molecule has 2 aromatic carbocycles. The number of aliphatic imine (C=N–C) groups is 1. The molecule has 2 aromatic rings. The van der Waals surface area contributed by atoms with E-state index >= 15 is 0 Å². The standard InChI is InChI=1S/C32H44FN5O2/c1-20-19-38(15-14-34-20)31(37-29-17-24-16-27(21(29)2)32(24,3)4)36-25-9-6-23(7-10-25)30(39)35-13-12-22-8-11-26(40-5)18-28(22)33/h6-11,18,20-21,24,27,29,34H,12-17,19H2,1-5H3,(H,35,39)(H,36,37)/t20-,21-,24-,27+,29-/m0/s1. The number of carbonyl (C=O) groups is 1. The Morgan fingerprint density at radius 3 is 2.60 bits per heavy atom. The molecule has 1 aliphatic heterocycles. The normalized spacial score (nSPS) is 27.5. The summed E-state index contributed by atoms with van der Waals surface area (Å²) in [5, 5.41) is 10.0. The summed E-state index contributed by atoms with van der Waals surface area (Å²) in [6.07, 6.45) is 2.89. The molecule has 1 heterocycles. The van der Waals surface area contributed by atoms with E-state index in [0.717, 1.165) is 49.5 Å². The molecule has 0 radical (unpaired) electrons. The molecule has 4 fully saturated rings. The number of nitrogens with one attached hydrogen (secondary N) is 3. The van der Waals surface area contributed by atoms with Crippen LogP contribution in [0, 0.1) is 29.0 Å². The molecule has 8 heteroatoms. The van der Waals surface area contributed by atoms with Crippen molar-refractivity contribution in [3.63, 3.8) is 0 Å². The molecule has 3 N–H and O–H groups in total. The first-order valence-electron chi connectivity index (χ1n) is 14.7. The van der Waals surface area contributed by atoms with Gasteiger partial charge in [0.15, 0.2) is 5.96 Å². The Morgan fingerprint density at radius 2 is 1.95 bits per heavy atom. The molecule has 6 rings (SSSR count). The zero-order valence-electron chi connectivity index (χ0n) is 24.5. The van der Waals surface area contributed by atoms with E-state index in [1.54, 1.807) is 12.1 Å². The van der Waals surface area contributed by atoms with E-state index in [0.29, 0.717) is 53.3 Å². The van der Waals surface area contributed by atoms with Gasteiger partial charge in [0.2, 0.25) is 0 Å². The molecule has 3 aliphatic carbocycles. The Bertz CT molecular complexity index is 1230. The van der Waals surface area contributed by atoms with Gasteiger partial charge in [-0.25, -0.2) is 9.38 Å². The van der Waals surface area contributed by atoms with Crippen molar-refractivity contribution in [3.8, 4) is 5.75 Å². The minimum Gasteiger partial charge on any atom is -0.497 e. The lowest BCUT2D eigenvalue weighted by Gasteiger charge is -2.61. The maximum atomic E-state index is 14.2. The summed E-state index contributed by atoms with van der Waals surface area (Å²) in [6.45, 7) is 12.5. The number of anilines is 1. The highest BCUT2D eigenvalue weighted by atomic mass is 19.1. The van der Waals surface area contributed by atoms with Crippen LogP contribution in [-0.2, 0) is 6.42 Å². The predicted molar refractivity (Wildman–Crippen MR) is 158 cm³/mol. The molecule has 1 amide bonds. The molecule has 40 heavy (non-hydrogen) atoms. The summed E-state index contributed by atoms with van der Waals surface area (Å²) in [6, 6.07) is 13.0. The first-order valence-corrected chi connectivity index (χ1v) is 14.7. The Balaban J connectivity index is 1.22. The molecule has 0 aromatic heterocycles. The van der Waals surface area contributed by atoms with E-state index in [4.69, 9.17) is 9.73 Å². The minimum absolute atomic E-state index is 0.178. The molecule has 216 valence electrons. The third-order valence-corrected chi connectivity index (χ3v) is 9.61. The SMILES string of the molecule is COc1ccc(CCNC(=O)c2ccc(NC(=N[C@H]3C[C@@H]4C[C@H]([C@@H]3C)C4(C)C)N3CCN[C@@H](C)C3)cc2)c(F)c1. The minimum atomic E-state index is -0.330. The third kappa shape index (κ3) is 5.97. The fraction of sp³-hybridized carbons (Fsp3) is 0.562. The van der Waals surface area contributed by atoms with Crippen LogP contribution in [0.15, 0.2) is 47.5 Å². The van der Waals surface area contributed by atoms with Crippen molar-refractivity contribution in [2.24, 2.45) is 28.2 Å². The molecular weight excluding hydrogens is 505 g/mol. The number of guanidine groups is 1. The van der Waals surface area contributed by atoms with Crippen LogP contribution in [0.3, 0.4) is 0 Å². The average molecular weight is 550 g/mol. The summed E-state index contributed by atoms with van der Waals surface area (Å²) in [7, 11) is 1.51. The Labute approximate surface area is 238 Å². The second-order valence-electron chi connectivity index (χ2n) is 12.4. The Morgan fingerprint density at radius 1 is 1.18 bits per heavy atom. The summed E-state index contributed by atoms with van der Waals surface area (Å²) < 4.78 is 19.2. The fourth-order valence-electron chi connectivity index (χ4n) is 6.87. The van der Waals surface area contributed by atoms with Gasteiger partial charge >= 0.3 is 0 Å². The van der Waals surface area contributed by atoms with Gasteiger partial charge in [0.1, 0.15) is 11.6 Å². The molecule has 2 bridgehead atoms. The van der Waals surface area contributed by atoms with E-state index in [-0.39, 0.29) is 11.7 Å². The van der Waals surface area contributed by atoms with Gasteiger partial charge in [0.25, 0.3) is 5.91 Å². The molecule has 5 atom stereocenters. The number of methoxy groups -OCH3 is 1. The molecule has 4 aliphatic rings. The van der Waals surface area contributed by atoms with Gasteiger partial charge in [-0.15, -0.1) is 0 Å². The smallest absolute Gasteiger partial charge is 0.251 e. The van der Waals surface area contributed by atoms with Gasteiger partial charge in [-0.2, -0.15) is 0 Å². The lowest BCUT2D eigenvalue weighted by molar-refractivity contribution is -0.108. The summed E-state index contributed by atoms with van der Waals surface area (Å²) in [4.78, 5) is 20.4. The monoisotopic (exact) mass is 549 g/mol. The molecule has 0 spiro atoms. The second kappa shape index (κ2) is 11.8. The number of benzene rings is 2. The van der Waals surface area contributed by atoms with Crippen molar-refractivity contribution in [3.05, 3.63) is 59.4 Å². The molecule has 3 saturated carbocycles. The van der Waals surface area contributed by atoms with Gasteiger partial charge in [0, 0.05) is 49.5 Å². The van der Waals surface area contributed by atoms with Crippen LogP contribution in [0.2, 0.25) is 0 Å². The van der Waals surface area contributed by atoms with Crippen molar-refractivity contribution in [1.29, 1.82) is 0 Å². The Hall–Kier alpha value is -3.13. The number of piperazine rings is 1.